The van der Waals surface area contributed by atoms with Crippen molar-refractivity contribution in [3.8, 4) is 0 Å². The average molecular weight is 779 g/mol. The fourth-order valence-electron chi connectivity index (χ4n) is 13.3. The Morgan fingerprint density at radius 1 is 0.607 bits per heavy atom. The zero-order valence-corrected chi connectivity index (χ0v) is 35.8. The summed E-state index contributed by atoms with van der Waals surface area (Å²) in [7, 11) is 0. The molecule has 14 unspecified atom stereocenters. The minimum Gasteiger partial charge on any atom is -0.465 e. The highest BCUT2D eigenvalue weighted by Crippen LogP contribution is 2.62. The molecule has 6 aliphatic carbocycles. The van der Waals surface area contributed by atoms with E-state index in [4.69, 9.17) is 18.9 Å². The van der Waals surface area contributed by atoms with E-state index in [1.165, 1.54) is 31.8 Å². The van der Waals surface area contributed by atoms with Crippen molar-refractivity contribution in [2.45, 2.75) is 126 Å². The second-order valence-electron chi connectivity index (χ2n) is 20.6. The van der Waals surface area contributed by atoms with Gasteiger partial charge in [-0.3, -0.25) is 14.4 Å². The molecule has 0 saturated heterocycles. The van der Waals surface area contributed by atoms with Gasteiger partial charge in [0.2, 0.25) is 0 Å². The molecule has 0 amide bonds. The van der Waals surface area contributed by atoms with Gasteiger partial charge in [0.25, 0.3) is 0 Å². The van der Waals surface area contributed by atoms with Crippen LogP contribution in [-0.2, 0) is 38.1 Å². The van der Waals surface area contributed by atoms with E-state index in [1.54, 1.807) is 0 Å². The molecule has 56 heavy (non-hydrogen) atoms. The fraction of sp³-hybridized carbons (Fsp3) is 0.833. The number of rotatable bonds is 19. The Balaban J connectivity index is 1.01. The van der Waals surface area contributed by atoms with E-state index >= 15 is 0 Å². The largest absolute Gasteiger partial charge is 0.465 e. The van der Waals surface area contributed by atoms with Gasteiger partial charge < -0.3 is 18.9 Å². The maximum absolute atomic E-state index is 14.0. The standard InChI is InChI=1S/C48H74O8/c1-9-45(49)53-24-33-15-42-37-20-39(43(21-37)44(42)16-33)26-56-48(52)40(31(8)12-30(7)11-29(6)10-27(2)3)22-46(50)54-23-32-13-35-17-34-18-36(41(35)14-32)19-38(34)25-55-47(51)28(4)5/h9,12,27-30,32-44H,1,10-11,13-26H2,2-8H3/b31-12+/t29?,30?,32?,33?,34?,35?,36-,37?,38?,39?,40?,41?,42?,43?,44?/m0/s1. The molecule has 0 aromatic rings. The molecule has 0 radical (unpaired) electrons. The van der Waals surface area contributed by atoms with E-state index < -0.39 is 5.92 Å². The van der Waals surface area contributed by atoms with Crippen LogP contribution in [0.3, 0.4) is 0 Å². The number of ether oxygens (including phenoxy) is 4. The van der Waals surface area contributed by atoms with Gasteiger partial charge in [0.05, 0.1) is 44.7 Å². The summed E-state index contributed by atoms with van der Waals surface area (Å²) >= 11 is 0. The zero-order chi connectivity index (χ0) is 40.3. The highest BCUT2D eigenvalue weighted by molar-refractivity contribution is 5.82. The molecule has 8 nitrogen and oxygen atoms in total. The van der Waals surface area contributed by atoms with E-state index in [2.05, 4.69) is 40.3 Å². The summed E-state index contributed by atoms with van der Waals surface area (Å²) in [6.45, 7) is 20.2. The molecule has 8 heteroatoms. The number of allylic oxidation sites excluding steroid dienone is 1. The first-order valence-electron chi connectivity index (χ1n) is 22.6. The van der Waals surface area contributed by atoms with Crippen molar-refractivity contribution in [3.05, 3.63) is 24.3 Å². The topological polar surface area (TPSA) is 105 Å². The van der Waals surface area contributed by atoms with Gasteiger partial charge in [-0.1, -0.05) is 59.8 Å². The number of hydrogen-bond acceptors (Lipinski definition) is 8. The second kappa shape index (κ2) is 19.0. The van der Waals surface area contributed by atoms with Crippen LogP contribution < -0.4 is 0 Å². The Morgan fingerprint density at radius 3 is 1.93 bits per heavy atom. The zero-order valence-electron chi connectivity index (χ0n) is 35.8. The summed E-state index contributed by atoms with van der Waals surface area (Å²) < 4.78 is 23.2. The predicted molar refractivity (Wildman–Crippen MR) is 217 cm³/mol. The first kappa shape index (κ1) is 43.0. The van der Waals surface area contributed by atoms with Gasteiger partial charge in [-0.15, -0.1) is 0 Å². The van der Waals surface area contributed by atoms with Crippen LogP contribution in [0.4, 0.5) is 0 Å². The molecule has 15 atom stereocenters. The molecule has 0 spiro atoms. The minimum atomic E-state index is -0.643. The molecular weight excluding hydrogens is 705 g/mol. The summed E-state index contributed by atoms with van der Waals surface area (Å²) in [5.74, 6) is 6.44. The molecule has 6 fully saturated rings. The highest BCUT2D eigenvalue weighted by atomic mass is 16.5. The average Bonchev–Trinajstić information content (AvgIpc) is 3.97. The molecule has 6 saturated carbocycles. The summed E-state index contributed by atoms with van der Waals surface area (Å²) in [5, 5.41) is 0. The molecule has 0 aromatic carbocycles. The van der Waals surface area contributed by atoms with Crippen molar-refractivity contribution >= 4 is 23.9 Å². The third-order valence-corrected chi connectivity index (χ3v) is 15.5. The monoisotopic (exact) mass is 779 g/mol. The Morgan fingerprint density at radius 2 is 1.21 bits per heavy atom. The lowest BCUT2D eigenvalue weighted by Crippen LogP contribution is -2.30. The molecule has 0 aromatic heterocycles. The van der Waals surface area contributed by atoms with Gasteiger partial charge in [0, 0.05) is 6.08 Å². The lowest BCUT2D eigenvalue weighted by molar-refractivity contribution is -0.155. The van der Waals surface area contributed by atoms with Crippen molar-refractivity contribution in [1.29, 1.82) is 0 Å². The molecule has 0 heterocycles. The van der Waals surface area contributed by atoms with Crippen LogP contribution in [0.5, 0.6) is 0 Å². The van der Waals surface area contributed by atoms with Crippen LogP contribution in [0.1, 0.15) is 126 Å². The number of carbonyl (C=O) groups excluding carboxylic acids is 4. The molecule has 6 aliphatic rings. The van der Waals surface area contributed by atoms with E-state index in [-0.39, 0.29) is 42.1 Å². The van der Waals surface area contributed by atoms with Crippen LogP contribution in [0.25, 0.3) is 0 Å². The first-order chi connectivity index (χ1) is 26.7. The molecule has 314 valence electrons. The molecular formula is C48H74O8. The Bertz CT molecular complexity index is 1430. The molecule has 6 rings (SSSR count). The lowest BCUT2D eigenvalue weighted by Gasteiger charge is -2.32. The molecule has 0 aliphatic heterocycles. The van der Waals surface area contributed by atoms with Crippen LogP contribution >= 0.6 is 0 Å². The number of esters is 4. The van der Waals surface area contributed by atoms with E-state index in [9.17, 15) is 19.2 Å². The second-order valence-corrected chi connectivity index (χ2v) is 20.6. The van der Waals surface area contributed by atoms with Gasteiger partial charge >= 0.3 is 23.9 Å². The van der Waals surface area contributed by atoms with Crippen LogP contribution in [0.15, 0.2) is 24.3 Å². The van der Waals surface area contributed by atoms with Gasteiger partial charge in [0.1, 0.15) is 0 Å². The third-order valence-electron chi connectivity index (χ3n) is 15.5. The van der Waals surface area contributed by atoms with E-state index in [0.717, 1.165) is 50.5 Å². The van der Waals surface area contributed by atoms with Crippen LogP contribution in [0, 0.1) is 101 Å². The third kappa shape index (κ3) is 10.5. The Hall–Kier alpha value is -2.64. The van der Waals surface area contributed by atoms with E-state index in [1.807, 2.05) is 20.8 Å². The van der Waals surface area contributed by atoms with Crippen molar-refractivity contribution in [1.82, 2.24) is 0 Å². The summed E-state index contributed by atoms with van der Waals surface area (Å²) in [6, 6.07) is 0. The number of hydrogen-bond donors (Lipinski definition) is 0. The summed E-state index contributed by atoms with van der Waals surface area (Å²) in [5.41, 5.74) is 0.911. The highest BCUT2D eigenvalue weighted by Gasteiger charge is 2.56. The first-order valence-corrected chi connectivity index (χ1v) is 22.6. The smallest absolute Gasteiger partial charge is 0.330 e. The number of carbonyl (C=O) groups is 4. The maximum Gasteiger partial charge on any atom is 0.330 e. The van der Waals surface area contributed by atoms with Crippen LogP contribution in [-0.4, -0.2) is 50.3 Å². The van der Waals surface area contributed by atoms with Crippen molar-refractivity contribution < 1.29 is 38.1 Å². The van der Waals surface area contributed by atoms with Gasteiger partial charge in [-0.2, -0.15) is 0 Å². The lowest BCUT2D eigenvalue weighted by atomic mass is 9.74. The Labute approximate surface area is 338 Å². The van der Waals surface area contributed by atoms with Gasteiger partial charge in [0.15, 0.2) is 0 Å². The van der Waals surface area contributed by atoms with Gasteiger partial charge in [-0.05, 0) is 166 Å². The summed E-state index contributed by atoms with van der Waals surface area (Å²) in [4.78, 5) is 51.3. The van der Waals surface area contributed by atoms with E-state index in [0.29, 0.717) is 109 Å². The van der Waals surface area contributed by atoms with Crippen molar-refractivity contribution in [2.75, 3.05) is 26.4 Å². The SMILES string of the molecule is C=CC(=O)OCC1CC2C3CC(COC(=O)C(CC(=O)OCC4CC5CC6C[C@@H](CC6COC(=O)C(C)C)C5C4)/C(C)=C/C(C)CC(C)CC(C)C)C(C3)C2C1. The quantitative estimate of drug-likeness (QED) is 0.0553. The fourth-order valence-corrected chi connectivity index (χ4v) is 13.3. The normalized spacial score (nSPS) is 35.8. The van der Waals surface area contributed by atoms with Crippen molar-refractivity contribution in [2.24, 2.45) is 101 Å². The Kier molecular flexibility index (Phi) is 14.5. The molecule has 0 N–H and O–H groups in total. The minimum absolute atomic E-state index is 0.0169. The predicted octanol–water partition coefficient (Wildman–Crippen LogP) is 9.65. The summed E-state index contributed by atoms with van der Waals surface area (Å²) in [6.07, 6.45) is 15.9. The maximum atomic E-state index is 14.0. The van der Waals surface area contributed by atoms with Crippen molar-refractivity contribution in [3.63, 3.8) is 0 Å². The van der Waals surface area contributed by atoms with Gasteiger partial charge in [-0.25, -0.2) is 4.79 Å². The molecule has 4 bridgehead atoms. The number of fused-ring (bicyclic) bond motifs is 9. The van der Waals surface area contributed by atoms with Crippen LogP contribution in [0.2, 0.25) is 0 Å².